The number of hydrogen-bond donors (Lipinski definition) is 0. The zero-order chi connectivity index (χ0) is 9.47. The van der Waals surface area contributed by atoms with Crippen molar-refractivity contribution < 1.29 is 4.79 Å². The van der Waals surface area contributed by atoms with E-state index in [2.05, 4.69) is 13.0 Å². The van der Waals surface area contributed by atoms with Crippen molar-refractivity contribution in [3.8, 4) is 0 Å². The molecule has 0 aromatic carbocycles. The van der Waals surface area contributed by atoms with Gasteiger partial charge in [-0.2, -0.15) is 0 Å². The maximum atomic E-state index is 11.1. The number of carbonyl (C=O) groups excluding carboxylic acids is 1. The Labute approximate surface area is 79.6 Å². The summed E-state index contributed by atoms with van der Waals surface area (Å²) in [6.07, 6.45) is 6.05. The Balaban J connectivity index is 2.00. The van der Waals surface area contributed by atoms with Crippen LogP contribution in [0.25, 0.3) is 0 Å². The first kappa shape index (κ1) is 8.79. The molecule has 13 heavy (non-hydrogen) atoms. The van der Waals surface area contributed by atoms with Crippen molar-refractivity contribution in [2.45, 2.75) is 33.1 Å². The van der Waals surface area contributed by atoms with E-state index in [9.17, 15) is 4.79 Å². The molecule has 1 amide bonds. The van der Waals surface area contributed by atoms with Crippen LogP contribution in [0.15, 0.2) is 11.6 Å². The Bertz CT molecular complexity index is 263. The lowest BCUT2D eigenvalue weighted by molar-refractivity contribution is -0.128. The lowest BCUT2D eigenvalue weighted by Crippen LogP contribution is -2.33. The van der Waals surface area contributed by atoms with Crippen LogP contribution in [0.2, 0.25) is 0 Å². The molecule has 1 fully saturated rings. The van der Waals surface area contributed by atoms with Crippen molar-refractivity contribution in [1.29, 1.82) is 0 Å². The minimum absolute atomic E-state index is 0.205. The molecule has 0 radical (unpaired) electrons. The van der Waals surface area contributed by atoms with Gasteiger partial charge in [-0.05, 0) is 24.7 Å². The van der Waals surface area contributed by atoms with Gasteiger partial charge in [-0.15, -0.1) is 0 Å². The quantitative estimate of drug-likeness (QED) is 0.563. The third-order valence-electron chi connectivity index (χ3n) is 3.43. The highest BCUT2D eigenvalue weighted by molar-refractivity contribution is 5.73. The SMILES string of the molecule is CC(=O)N1CC=C(C2(C)CC2)CC1. The van der Waals surface area contributed by atoms with Crippen LogP contribution in [0.1, 0.15) is 33.1 Å². The van der Waals surface area contributed by atoms with Gasteiger partial charge in [0.15, 0.2) is 0 Å². The van der Waals surface area contributed by atoms with Gasteiger partial charge in [0, 0.05) is 20.0 Å². The molecule has 72 valence electrons. The zero-order valence-electron chi connectivity index (χ0n) is 8.47. The van der Waals surface area contributed by atoms with Gasteiger partial charge in [0.25, 0.3) is 0 Å². The van der Waals surface area contributed by atoms with Gasteiger partial charge >= 0.3 is 0 Å². The van der Waals surface area contributed by atoms with Crippen molar-refractivity contribution in [3.05, 3.63) is 11.6 Å². The maximum absolute atomic E-state index is 11.1. The Morgan fingerprint density at radius 3 is 2.62 bits per heavy atom. The molecule has 0 bridgehead atoms. The molecule has 2 rings (SSSR count). The Kier molecular flexibility index (Phi) is 1.94. The standard InChI is InChI=1S/C11H17NO/c1-9(13)12-7-3-10(4-8-12)11(2)5-6-11/h3H,4-8H2,1-2H3. The van der Waals surface area contributed by atoms with E-state index >= 15 is 0 Å². The maximum Gasteiger partial charge on any atom is 0.219 e. The van der Waals surface area contributed by atoms with Gasteiger partial charge in [0.2, 0.25) is 5.91 Å². The van der Waals surface area contributed by atoms with E-state index < -0.39 is 0 Å². The summed E-state index contributed by atoms with van der Waals surface area (Å²) in [6.45, 7) is 5.75. The summed E-state index contributed by atoms with van der Waals surface area (Å²) < 4.78 is 0. The van der Waals surface area contributed by atoms with Crippen LogP contribution >= 0.6 is 0 Å². The smallest absolute Gasteiger partial charge is 0.219 e. The molecule has 2 heteroatoms. The minimum atomic E-state index is 0.205. The second-order valence-electron chi connectivity index (χ2n) is 4.51. The average Bonchev–Trinajstić information content (AvgIpc) is 2.85. The summed E-state index contributed by atoms with van der Waals surface area (Å²) in [5.74, 6) is 0.205. The number of amides is 1. The minimum Gasteiger partial charge on any atom is -0.339 e. The molecule has 2 aliphatic rings. The van der Waals surface area contributed by atoms with Crippen molar-refractivity contribution in [2.75, 3.05) is 13.1 Å². The second-order valence-corrected chi connectivity index (χ2v) is 4.51. The molecular weight excluding hydrogens is 162 g/mol. The van der Waals surface area contributed by atoms with Gasteiger partial charge in [0.1, 0.15) is 0 Å². The fourth-order valence-corrected chi connectivity index (χ4v) is 2.01. The Morgan fingerprint density at radius 1 is 1.54 bits per heavy atom. The molecule has 1 saturated carbocycles. The first-order valence-electron chi connectivity index (χ1n) is 5.07. The van der Waals surface area contributed by atoms with Crippen LogP contribution in [-0.4, -0.2) is 23.9 Å². The van der Waals surface area contributed by atoms with E-state index in [4.69, 9.17) is 0 Å². The van der Waals surface area contributed by atoms with Crippen LogP contribution in [-0.2, 0) is 4.79 Å². The molecule has 0 saturated heterocycles. The summed E-state index contributed by atoms with van der Waals surface area (Å²) in [6, 6.07) is 0. The molecule has 0 aromatic heterocycles. The van der Waals surface area contributed by atoms with E-state index in [-0.39, 0.29) is 5.91 Å². The molecule has 2 nitrogen and oxygen atoms in total. The van der Waals surface area contributed by atoms with E-state index in [1.807, 2.05) is 4.90 Å². The van der Waals surface area contributed by atoms with Crippen LogP contribution < -0.4 is 0 Å². The molecule has 0 unspecified atom stereocenters. The van der Waals surface area contributed by atoms with E-state index in [1.165, 1.54) is 12.8 Å². The molecule has 1 heterocycles. The predicted octanol–water partition coefficient (Wildman–Crippen LogP) is 1.97. The fraction of sp³-hybridized carbons (Fsp3) is 0.727. The average molecular weight is 179 g/mol. The van der Waals surface area contributed by atoms with E-state index in [0.29, 0.717) is 5.41 Å². The van der Waals surface area contributed by atoms with Crippen LogP contribution in [0.5, 0.6) is 0 Å². The number of carbonyl (C=O) groups is 1. The number of nitrogens with zero attached hydrogens (tertiary/aromatic N) is 1. The summed E-state index contributed by atoms with van der Waals surface area (Å²) in [5.41, 5.74) is 2.10. The third-order valence-corrected chi connectivity index (χ3v) is 3.43. The second kappa shape index (κ2) is 2.86. The van der Waals surface area contributed by atoms with Crippen molar-refractivity contribution in [1.82, 2.24) is 4.90 Å². The summed E-state index contributed by atoms with van der Waals surface area (Å²) >= 11 is 0. The number of rotatable bonds is 1. The molecule has 0 N–H and O–H groups in total. The van der Waals surface area contributed by atoms with Crippen molar-refractivity contribution >= 4 is 5.91 Å². The lowest BCUT2D eigenvalue weighted by atomic mass is 9.92. The van der Waals surface area contributed by atoms with Gasteiger partial charge in [-0.3, -0.25) is 4.79 Å². The van der Waals surface area contributed by atoms with E-state index in [1.54, 1.807) is 12.5 Å². The van der Waals surface area contributed by atoms with Gasteiger partial charge in [-0.1, -0.05) is 18.6 Å². The lowest BCUT2D eigenvalue weighted by Gasteiger charge is -2.27. The molecular formula is C11H17NO. The van der Waals surface area contributed by atoms with Gasteiger partial charge in [-0.25, -0.2) is 0 Å². The largest absolute Gasteiger partial charge is 0.339 e. The third kappa shape index (κ3) is 1.62. The predicted molar refractivity (Wildman–Crippen MR) is 52.3 cm³/mol. The molecule has 0 aromatic rings. The van der Waals surface area contributed by atoms with Gasteiger partial charge in [0.05, 0.1) is 0 Å². The fourth-order valence-electron chi connectivity index (χ4n) is 2.01. The highest BCUT2D eigenvalue weighted by Gasteiger charge is 2.41. The monoisotopic (exact) mass is 179 g/mol. The molecule has 0 spiro atoms. The van der Waals surface area contributed by atoms with E-state index in [0.717, 1.165) is 19.5 Å². The zero-order valence-corrected chi connectivity index (χ0v) is 8.47. The Hall–Kier alpha value is -0.790. The highest BCUT2D eigenvalue weighted by atomic mass is 16.2. The van der Waals surface area contributed by atoms with Crippen LogP contribution in [0.4, 0.5) is 0 Å². The highest BCUT2D eigenvalue weighted by Crippen LogP contribution is 2.52. The van der Waals surface area contributed by atoms with Crippen LogP contribution in [0.3, 0.4) is 0 Å². The summed E-state index contributed by atoms with van der Waals surface area (Å²) in [7, 11) is 0. The molecule has 1 aliphatic heterocycles. The summed E-state index contributed by atoms with van der Waals surface area (Å²) in [4.78, 5) is 13.0. The topological polar surface area (TPSA) is 20.3 Å². The van der Waals surface area contributed by atoms with Crippen LogP contribution in [0, 0.1) is 5.41 Å². The van der Waals surface area contributed by atoms with Gasteiger partial charge < -0.3 is 4.90 Å². The first-order valence-corrected chi connectivity index (χ1v) is 5.07. The Morgan fingerprint density at radius 2 is 2.23 bits per heavy atom. The molecule has 0 atom stereocenters. The normalized spacial score (nSPS) is 25.4. The molecule has 1 aliphatic carbocycles. The summed E-state index contributed by atoms with van der Waals surface area (Å²) in [5, 5.41) is 0. The number of hydrogen-bond acceptors (Lipinski definition) is 1. The first-order chi connectivity index (χ1) is 6.12. The van der Waals surface area contributed by atoms with Crippen molar-refractivity contribution in [3.63, 3.8) is 0 Å². The van der Waals surface area contributed by atoms with Crippen molar-refractivity contribution in [2.24, 2.45) is 5.41 Å².